The molecule has 0 saturated carbocycles. The predicted molar refractivity (Wildman–Crippen MR) is 353 cm³/mol. The van der Waals surface area contributed by atoms with Gasteiger partial charge in [0.15, 0.2) is 6.10 Å². The van der Waals surface area contributed by atoms with Crippen LogP contribution < -0.4 is 0 Å². The molecular formula is C75H130O6. The van der Waals surface area contributed by atoms with Crippen molar-refractivity contribution in [1.29, 1.82) is 0 Å². The third kappa shape index (κ3) is 67.0. The molecule has 0 heterocycles. The molecule has 1 unspecified atom stereocenters. The molecule has 466 valence electrons. The average Bonchev–Trinajstić information content (AvgIpc) is 3.47. The van der Waals surface area contributed by atoms with Crippen molar-refractivity contribution in [2.45, 2.75) is 348 Å². The average molecular weight is 1130 g/mol. The van der Waals surface area contributed by atoms with Gasteiger partial charge in [-0.2, -0.15) is 0 Å². The van der Waals surface area contributed by atoms with Gasteiger partial charge in [0.2, 0.25) is 0 Å². The highest BCUT2D eigenvalue weighted by Gasteiger charge is 2.19. The summed E-state index contributed by atoms with van der Waals surface area (Å²) < 4.78 is 17.0. The van der Waals surface area contributed by atoms with Crippen molar-refractivity contribution in [2.75, 3.05) is 13.2 Å². The Bertz CT molecular complexity index is 1580. The highest BCUT2D eigenvalue weighted by molar-refractivity contribution is 5.71. The molecule has 81 heavy (non-hydrogen) atoms. The first kappa shape index (κ1) is 77.3. The number of ether oxygens (including phenoxy) is 3. The van der Waals surface area contributed by atoms with Crippen LogP contribution in [0.5, 0.6) is 0 Å². The third-order valence-electron chi connectivity index (χ3n) is 15.1. The normalized spacial score (nSPS) is 12.7. The molecule has 0 aromatic rings. The molecule has 6 nitrogen and oxygen atoms in total. The van der Waals surface area contributed by atoms with Crippen molar-refractivity contribution in [3.63, 3.8) is 0 Å². The first-order chi connectivity index (χ1) is 40.0. The minimum Gasteiger partial charge on any atom is -0.462 e. The van der Waals surface area contributed by atoms with Gasteiger partial charge in [-0.3, -0.25) is 14.4 Å². The molecule has 1 atom stereocenters. The molecule has 0 radical (unpaired) electrons. The van der Waals surface area contributed by atoms with Gasteiger partial charge in [-0.15, -0.1) is 0 Å². The number of unbranched alkanes of at least 4 members (excludes halogenated alkanes) is 36. The van der Waals surface area contributed by atoms with E-state index in [1.54, 1.807) is 0 Å². The molecule has 0 N–H and O–H groups in total. The maximum absolute atomic E-state index is 12.9. The molecule has 6 heteroatoms. The lowest BCUT2D eigenvalue weighted by Gasteiger charge is -2.18. The van der Waals surface area contributed by atoms with E-state index in [4.69, 9.17) is 14.2 Å². The SMILES string of the molecule is CC/C=C\C/C=C\C/C=C\C/C=C\C/C=C\C/C=C\C/C=C\CCCCCCCCCCCCCC(=O)OCC(COC(=O)CCCCCCCCCCCCCCCC)OC(=O)CCCCCCC/C=C\CCCCCCCCC. The quantitative estimate of drug-likeness (QED) is 0.0261. The molecule has 0 rings (SSSR count). The fourth-order valence-corrected chi connectivity index (χ4v) is 9.89. The maximum atomic E-state index is 12.9. The van der Waals surface area contributed by atoms with Crippen LogP contribution >= 0.6 is 0 Å². The zero-order chi connectivity index (χ0) is 58.5. The Morgan fingerprint density at radius 2 is 0.481 bits per heavy atom. The number of hydrogen-bond donors (Lipinski definition) is 0. The lowest BCUT2D eigenvalue weighted by atomic mass is 10.0. The van der Waals surface area contributed by atoms with E-state index >= 15 is 0 Å². The van der Waals surface area contributed by atoms with E-state index in [9.17, 15) is 14.4 Å². The summed E-state index contributed by atoms with van der Waals surface area (Å²) in [5, 5.41) is 0. The van der Waals surface area contributed by atoms with Gasteiger partial charge in [-0.05, 0) is 103 Å². The zero-order valence-electron chi connectivity index (χ0n) is 53.5. The minimum absolute atomic E-state index is 0.0768. The summed E-state index contributed by atoms with van der Waals surface area (Å²) in [4.78, 5) is 38.4. The van der Waals surface area contributed by atoms with Crippen LogP contribution in [0.25, 0.3) is 0 Å². The van der Waals surface area contributed by atoms with E-state index in [-0.39, 0.29) is 31.1 Å². The van der Waals surface area contributed by atoms with Gasteiger partial charge < -0.3 is 14.2 Å². The van der Waals surface area contributed by atoms with Gasteiger partial charge in [0.25, 0.3) is 0 Å². The summed E-state index contributed by atoms with van der Waals surface area (Å²) in [6.07, 6.45) is 92.8. The van der Waals surface area contributed by atoms with E-state index in [1.807, 2.05) is 0 Å². The Balaban J connectivity index is 4.23. The number of allylic oxidation sites excluding steroid dienone is 16. The molecule has 0 amide bonds. The predicted octanol–water partition coefficient (Wildman–Crippen LogP) is 24.0. The molecular weight excluding hydrogens is 997 g/mol. The Morgan fingerprint density at radius 1 is 0.259 bits per heavy atom. The lowest BCUT2D eigenvalue weighted by molar-refractivity contribution is -0.167. The van der Waals surface area contributed by atoms with E-state index in [1.165, 1.54) is 186 Å². The van der Waals surface area contributed by atoms with Crippen LogP contribution in [0.15, 0.2) is 97.2 Å². The summed E-state index contributed by atoms with van der Waals surface area (Å²) in [7, 11) is 0. The monoisotopic (exact) mass is 1130 g/mol. The number of rotatable bonds is 63. The fourth-order valence-electron chi connectivity index (χ4n) is 9.89. The second-order valence-electron chi connectivity index (χ2n) is 23.1. The molecule has 0 aromatic carbocycles. The van der Waals surface area contributed by atoms with Crippen molar-refractivity contribution in [3.05, 3.63) is 97.2 Å². The first-order valence-electron chi connectivity index (χ1n) is 34.7. The first-order valence-corrected chi connectivity index (χ1v) is 34.7. The minimum atomic E-state index is -0.781. The van der Waals surface area contributed by atoms with Gasteiger partial charge in [0.1, 0.15) is 13.2 Å². The van der Waals surface area contributed by atoms with Crippen LogP contribution in [0.3, 0.4) is 0 Å². The van der Waals surface area contributed by atoms with Gasteiger partial charge in [0.05, 0.1) is 0 Å². The van der Waals surface area contributed by atoms with Crippen molar-refractivity contribution < 1.29 is 28.6 Å². The van der Waals surface area contributed by atoms with Gasteiger partial charge in [0, 0.05) is 19.3 Å². The van der Waals surface area contributed by atoms with Crippen molar-refractivity contribution in [2.24, 2.45) is 0 Å². The van der Waals surface area contributed by atoms with Gasteiger partial charge >= 0.3 is 17.9 Å². The van der Waals surface area contributed by atoms with E-state index in [0.29, 0.717) is 19.3 Å². The second-order valence-corrected chi connectivity index (χ2v) is 23.1. The lowest BCUT2D eigenvalue weighted by Crippen LogP contribution is -2.30. The van der Waals surface area contributed by atoms with E-state index in [0.717, 1.165) is 116 Å². The second kappa shape index (κ2) is 68.8. The van der Waals surface area contributed by atoms with Gasteiger partial charge in [-0.25, -0.2) is 0 Å². The Morgan fingerprint density at radius 3 is 0.765 bits per heavy atom. The van der Waals surface area contributed by atoms with Crippen LogP contribution in [-0.4, -0.2) is 37.2 Å². The fraction of sp³-hybridized carbons (Fsp3) is 0.747. The summed E-state index contributed by atoms with van der Waals surface area (Å²) >= 11 is 0. The molecule has 0 aliphatic carbocycles. The Kier molecular flexibility index (Phi) is 65.7. The maximum Gasteiger partial charge on any atom is 0.306 e. The molecule has 0 bridgehead atoms. The topological polar surface area (TPSA) is 78.9 Å². The van der Waals surface area contributed by atoms with Crippen LogP contribution in [0.1, 0.15) is 342 Å². The largest absolute Gasteiger partial charge is 0.462 e. The molecule has 0 aromatic heterocycles. The number of esters is 3. The zero-order valence-corrected chi connectivity index (χ0v) is 53.5. The molecule has 0 aliphatic heterocycles. The summed E-state index contributed by atoms with van der Waals surface area (Å²) in [5.41, 5.74) is 0. The van der Waals surface area contributed by atoms with Crippen LogP contribution in [-0.2, 0) is 28.6 Å². The third-order valence-corrected chi connectivity index (χ3v) is 15.1. The van der Waals surface area contributed by atoms with Crippen LogP contribution in [0.4, 0.5) is 0 Å². The van der Waals surface area contributed by atoms with Crippen molar-refractivity contribution >= 4 is 17.9 Å². The van der Waals surface area contributed by atoms with E-state index < -0.39 is 6.10 Å². The standard InChI is InChI=1S/C75H130O6/c1-4-7-10-13-16-19-22-25-28-30-31-32-33-34-35-36-37-38-39-40-41-42-43-44-45-46-48-50-53-56-59-62-65-68-74(77)80-71-72(70-79-73(76)67-64-61-58-55-52-49-27-24-21-18-15-12-9-6-3)81-75(78)69-66-63-60-57-54-51-47-29-26-23-20-17-14-11-8-5-2/h7,10,16,19,25,28-29,31-32,34-35,37-38,40-41,47,72H,4-6,8-9,11-15,17-18,20-24,26-27,30,33,36,39,42-46,48-71H2,1-3H3/b10-7-,19-16-,28-25-,32-31-,35-34-,38-37-,41-40-,47-29-. The van der Waals surface area contributed by atoms with Crippen LogP contribution in [0, 0.1) is 0 Å². The highest BCUT2D eigenvalue weighted by Crippen LogP contribution is 2.17. The smallest absolute Gasteiger partial charge is 0.306 e. The highest BCUT2D eigenvalue weighted by atomic mass is 16.6. The van der Waals surface area contributed by atoms with Crippen LogP contribution in [0.2, 0.25) is 0 Å². The number of carbonyl (C=O) groups is 3. The molecule has 0 saturated heterocycles. The molecule has 0 fully saturated rings. The van der Waals surface area contributed by atoms with E-state index in [2.05, 4.69) is 118 Å². The summed E-state index contributed by atoms with van der Waals surface area (Å²) in [6.45, 7) is 6.55. The Hall–Kier alpha value is -3.67. The van der Waals surface area contributed by atoms with Gasteiger partial charge in [-0.1, -0.05) is 317 Å². The summed E-state index contributed by atoms with van der Waals surface area (Å²) in [6, 6.07) is 0. The Labute approximate surface area is 502 Å². The van der Waals surface area contributed by atoms with Crippen molar-refractivity contribution in [3.8, 4) is 0 Å². The summed E-state index contributed by atoms with van der Waals surface area (Å²) in [5.74, 6) is -0.872. The molecule has 0 spiro atoms. The number of hydrogen-bond acceptors (Lipinski definition) is 6. The molecule has 0 aliphatic rings. The number of carbonyl (C=O) groups excluding carboxylic acids is 3. The van der Waals surface area contributed by atoms with Crippen molar-refractivity contribution in [1.82, 2.24) is 0 Å².